The Morgan fingerprint density at radius 1 is 1.25 bits per heavy atom. The van der Waals surface area contributed by atoms with Crippen molar-refractivity contribution in [2.24, 2.45) is 5.92 Å². The molecular formula is C11H18O3S2. The summed E-state index contributed by atoms with van der Waals surface area (Å²) in [5.41, 5.74) is 0. The Hall–Kier alpha value is -0.290. The van der Waals surface area contributed by atoms with E-state index in [2.05, 4.69) is 12.6 Å². The molecule has 3 nitrogen and oxygen atoms in total. The summed E-state index contributed by atoms with van der Waals surface area (Å²) < 4.78 is -0.728. The summed E-state index contributed by atoms with van der Waals surface area (Å²) in [6.07, 6.45) is 0.159. The van der Waals surface area contributed by atoms with Gasteiger partial charge in [-0.05, 0) is 20.8 Å². The highest BCUT2D eigenvalue weighted by molar-refractivity contribution is 8.13. The van der Waals surface area contributed by atoms with E-state index in [1.165, 1.54) is 13.8 Å². The van der Waals surface area contributed by atoms with Crippen molar-refractivity contribution in [1.82, 2.24) is 0 Å². The molecule has 1 atom stereocenters. The van der Waals surface area contributed by atoms with Crippen molar-refractivity contribution in [2.45, 2.75) is 38.9 Å². The number of thiol groups is 1. The van der Waals surface area contributed by atoms with Crippen LogP contribution in [0.5, 0.6) is 0 Å². The average molecular weight is 262 g/mol. The van der Waals surface area contributed by atoms with Crippen molar-refractivity contribution in [2.75, 3.05) is 5.75 Å². The van der Waals surface area contributed by atoms with Gasteiger partial charge in [0.1, 0.15) is 11.6 Å². The summed E-state index contributed by atoms with van der Waals surface area (Å²) in [5, 5.41) is -0.0381. The lowest BCUT2D eigenvalue weighted by Gasteiger charge is -2.19. The van der Waals surface area contributed by atoms with Crippen LogP contribution in [0.2, 0.25) is 0 Å². The van der Waals surface area contributed by atoms with Crippen molar-refractivity contribution in [3.63, 3.8) is 0 Å². The van der Waals surface area contributed by atoms with E-state index in [0.29, 0.717) is 5.75 Å². The van der Waals surface area contributed by atoms with Gasteiger partial charge in [0.05, 0.1) is 4.75 Å². The van der Waals surface area contributed by atoms with Gasteiger partial charge >= 0.3 is 0 Å². The molecule has 0 aromatic carbocycles. The predicted octanol–water partition coefficient (Wildman–Crippen LogP) is 2.14. The molecule has 0 aliphatic rings. The highest BCUT2D eigenvalue weighted by Gasteiger charge is 2.27. The van der Waals surface area contributed by atoms with E-state index >= 15 is 0 Å². The number of thioether (sulfide) groups is 1. The maximum Gasteiger partial charge on any atom is 0.185 e. The first-order valence-electron chi connectivity index (χ1n) is 5.04. The zero-order chi connectivity index (χ0) is 12.9. The molecule has 0 aliphatic carbocycles. The zero-order valence-corrected chi connectivity index (χ0v) is 11.8. The molecule has 0 spiro atoms. The topological polar surface area (TPSA) is 51.2 Å². The lowest BCUT2D eigenvalue weighted by molar-refractivity contribution is -0.126. The van der Waals surface area contributed by atoms with E-state index in [1.54, 1.807) is 13.8 Å². The van der Waals surface area contributed by atoms with Gasteiger partial charge in [0.2, 0.25) is 0 Å². The van der Waals surface area contributed by atoms with Gasteiger partial charge in [0.25, 0.3) is 0 Å². The van der Waals surface area contributed by atoms with Crippen LogP contribution < -0.4 is 0 Å². The normalized spacial score (nSPS) is 13.3. The zero-order valence-electron chi connectivity index (χ0n) is 10.1. The highest BCUT2D eigenvalue weighted by atomic mass is 32.2. The molecule has 0 amide bonds. The minimum absolute atomic E-state index is 0.0381. The maximum atomic E-state index is 11.7. The van der Waals surface area contributed by atoms with Gasteiger partial charge in [0.15, 0.2) is 5.12 Å². The van der Waals surface area contributed by atoms with Crippen molar-refractivity contribution in [3.05, 3.63) is 0 Å². The van der Waals surface area contributed by atoms with Gasteiger partial charge in [-0.2, -0.15) is 12.6 Å². The average Bonchev–Trinajstić information content (AvgIpc) is 2.09. The van der Waals surface area contributed by atoms with Crippen LogP contribution in [0, 0.1) is 5.92 Å². The molecule has 0 rings (SSSR count). The van der Waals surface area contributed by atoms with Crippen LogP contribution in [0.3, 0.4) is 0 Å². The summed E-state index contributed by atoms with van der Waals surface area (Å²) in [5.74, 6) is -0.132. The van der Waals surface area contributed by atoms with Gasteiger partial charge in [-0.25, -0.2) is 0 Å². The minimum Gasteiger partial charge on any atom is -0.300 e. The molecular weight excluding hydrogens is 244 g/mol. The Morgan fingerprint density at radius 3 is 2.06 bits per heavy atom. The molecule has 0 unspecified atom stereocenters. The lowest BCUT2D eigenvalue weighted by Crippen LogP contribution is -2.30. The van der Waals surface area contributed by atoms with Crippen LogP contribution in [0.1, 0.15) is 34.1 Å². The number of ketones is 2. The van der Waals surface area contributed by atoms with Crippen LogP contribution in [0.15, 0.2) is 0 Å². The smallest absolute Gasteiger partial charge is 0.185 e. The van der Waals surface area contributed by atoms with Gasteiger partial charge in [-0.1, -0.05) is 11.8 Å². The second-order valence-electron chi connectivity index (χ2n) is 4.30. The third kappa shape index (κ3) is 6.33. The van der Waals surface area contributed by atoms with Crippen LogP contribution in [0.25, 0.3) is 0 Å². The fourth-order valence-electron chi connectivity index (χ4n) is 1.01. The van der Waals surface area contributed by atoms with E-state index in [0.717, 1.165) is 11.8 Å². The number of hydrogen-bond donors (Lipinski definition) is 1. The molecule has 0 bridgehead atoms. The molecule has 0 aliphatic heterocycles. The number of carbonyl (C=O) groups is 3. The number of Topliss-reactive ketones (excluding diaryl/α,β-unsaturated/α-hetero) is 2. The maximum absolute atomic E-state index is 11.7. The quantitative estimate of drug-likeness (QED) is 0.745. The molecule has 0 saturated heterocycles. The van der Waals surface area contributed by atoms with Crippen LogP contribution >= 0.6 is 24.4 Å². The van der Waals surface area contributed by atoms with E-state index in [9.17, 15) is 14.4 Å². The summed E-state index contributed by atoms with van der Waals surface area (Å²) in [6.45, 7) is 6.30. The van der Waals surface area contributed by atoms with Crippen LogP contribution in [-0.4, -0.2) is 27.2 Å². The monoisotopic (exact) mass is 262 g/mol. The number of hydrogen-bond acceptors (Lipinski definition) is 5. The van der Waals surface area contributed by atoms with Gasteiger partial charge in [-0.3, -0.25) is 14.4 Å². The second-order valence-corrected chi connectivity index (χ2v) is 6.61. The molecule has 0 saturated carbocycles. The van der Waals surface area contributed by atoms with Crippen molar-refractivity contribution in [3.8, 4) is 0 Å². The van der Waals surface area contributed by atoms with E-state index in [4.69, 9.17) is 0 Å². The summed E-state index contributed by atoms with van der Waals surface area (Å²) >= 11 is 5.25. The SMILES string of the molecule is CC(=O)SC[C@H](CC(=O)C(C)(C)S)C(C)=O. The first-order chi connectivity index (χ1) is 7.14. The summed E-state index contributed by atoms with van der Waals surface area (Å²) in [6, 6.07) is 0. The van der Waals surface area contributed by atoms with E-state index in [-0.39, 0.29) is 29.0 Å². The second kappa shape index (κ2) is 6.45. The Morgan fingerprint density at radius 2 is 1.75 bits per heavy atom. The molecule has 0 aromatic rings. The largest absolute Gasteiger partial charge is 0.300 e. The molecule has 5 heteroatoms. The fourth-order valence-corrected chi connectivity index (χ4v) is 1.89. The standard InChI is InChI=1S/C11H18O3S2/c1-7(12)9(6-16-8(2)13)5-10(14)11(3,4)15/h9,15H,5-6H2,1-4H3/t9-/m0/s1. The Balaban J connectivity index is 4.41. The first kappa shape index (κ1) is 15.7. The minimum atomic E-state index is -0.728. The van der Waals surface area contributed by atoms with Crippen molar-refractivity contribution < 1.29 is 14.4 Å². The summed E-state index contributed by atoms with van der Waals surface area (Å²) in [4.78, 5) is 33.8. The molecule has 0 aromatic heterocycles. The van der Waals surface area contributed by atoms with Crippen molar-refractivity contribution in [1.29, 1.82) is 0 Å². The Kier molecular flexibility index (Phi) is 6.33. The van der Waals surface area contributed by atoms with Gasteiger partial charge < -0.3 is 0 Å². The molecule has 16 heavy (non-hydrogen) atoms. The molecule has 0 heterocycles. The van der Waals surface area contributed by atoms with Gasteiger partial charge in [0, 0.05) is 25.0 Å². The fraction of sp³-hybridized carbons (Fsp3) is 0.727. The lowest BCUT2D eigenvalue weighted by atomic mass is 9.94. The third-order valence-corrected chi connectivity index (χ3v) is 3.40. The molecule has 92 valence electrons. The van der Waals surface area contributed by atoms with Crippen molar-refractivity contribution >= 4 is 41.1 Å². The van der Waals surface area contributed by atoms with E-state index in [1.807, 2.05) is 0 Å². The number of carbonyl (C=O) groups excluding carboxylic acids is 3. The van der Waals surface area contributed by atoms with Crippen LogP contribution in [0.4, 0.5) is 0 Å². The Bertz CT molecular complexity index is 292. The number of rotatable bonds is 6. The predicted molar refractivity (Wildman–Crippen MR) is 70.0 cm³/mol. The van der Waals surface area contributed by atoms with Gasteiger partial charge in [-0.15, -0.1) is 0 Å². The molecule has 0 radical (unpaired) electrons. The van der Waals surface area contributed by atoms with E-state index < -0.39 is 4.75 Å². The summed E-state index contributed by atoms with van der Waals surface area (Å²) in [7, 11) is 0. The Labute approximate surface area is 106 Å². The van der Waals surface area contributed by atoms with Crippen LogP contribution in [-0.2, 0) is 14.4 Å². The third-order valence-electron chi connectivity index (χ3n) is 2.18. The molecule has 0 N–H and O–H groups in total. The molecule has 0 fully saturated rings. The first-order valence-corrected chi connectivity index (χ1v) is 6.47. The highest BCUT2D eigenvalue weighted by Crippen LogP contribution is 2.21.